The van der Waals surface area contributed by atoms with E-state index in [0.717, 1.165) is 11.5 Å². The van der Waals surface area contributed by atoms with Crippen molar-refractivity contribution in [2.24, 2.45) is 5.73 Å². The largest absolute Gasteiger partial charge is 0.486 e. The Bertz CT molecular complexity index is 379. The second-order valence-electron chi connectivity index (χ2n) is 4.37. The van der Waals surface area contributed by atoms with Crippen LogP contribution in [0.15, 0.2) is 23.1 Å². The predicted octanol–water partition coefficient (Wildman–Crippen LogP) is 2.29. The van der Waals surface area contributed by atoms with Gasteiger partial charge < -0.3 is 15.2 Å². The third kappa shape index (κ3) is 2.62. The fraction of sp³-hybridized carbons (Fsp3) is 0.500. The molecule has 0 atom stereocenters. The van der Waals surface area contributed by atoms with Crippen molar-refractivity contribution in [3.05, 3.63) is 18.2 Å². The van der Waals surface area contributed by atoms with Crippen LogP contribution in [0.3, 0.4) is 0 Å². The highest BCUT2D eigenvalue weighted by molar-refractivity contribution is 8.00. The molecule has 0 saturated heterocycles. The molecule has 0 spiro atoms. The van der Waals surface area contributed by atoms with E-state index in [-0.39, 0.29) is 4.75 Å². The maximum atomic E-state index is 5.72. The van der Waals surface area contributed by atoms with E-state index in [9.17, 15) is 0 Å². The van der Waals surface area contributed by atoms with E-state index in [0.29, 0.717) is 19.8 Å². The Labute approximate surface area is 100 Å². The Kier molecular flexibility index (Phi) is 3.30. The zero-order valence-electron chi connectivity index (χ0n) is 9.66. The lowest BCUT2D eigenvalue weighted by molar-refractivity contribution is 0.171. The molecule has 1 aliphatic heterocycles. The van der Waals surface area contributed by atoms with Gasteiger partial charge in [-0.25, -0.2) is 0 Å². The van der Waals surface area contributed by atoms with E-state index < -0.39 is 0 Å². The Morgan fingerprint density at radius 3 is 2.62 bits per heavy atom. The number of ether oxygens (including phenoxy) is 2. The molecule has 0 aliphatic carbocycles. The van der Waals surface area contributed by atoms with Gasteiger partial charge >= 0.3 is 0 Å². The van der Waals surface area contributed by atoms with Crippen LogP contribution in [-0.4, -0.2) is 24.5 Å². The molecule has 0 fully saturated rings. The summed E-state index contributed by atoms with van der Waals surface area (Å²) in [6, 6.07) is 6.04. The Hall–Kier alpha value is -0.870. The van der Waals surface area contributed by atoms with Gasteiger partial charge in [0.1, 0.15) is 13.2 Å². The van der Waals surface area contributed by atoms with Crippen molar-refractivity contribution in [3.63, 3.8) is 0 Å². The van der Waals surface area contributed by atoms with Crippen LogP contribution < -0.4 is 15.2 Å². The zero-order valence-corrected chi connectivity index (χ0v) is 10.5. The average Bonchev–Trinajstić information content (AvgIpc) is 2.28. The molecule has 88 valence electrons. The molecule has 4 heteroatoms. The molecule has 0 radical (unpaired) electrons. The van der Waals surface area contributed by atoms with Crippen molar-refractivity contribution in [2.45, 2.75) is 23.5 Å². The van der Waals surface area contributed by atoms with Crippen molar-refractivity contribution in [2.75, 3.05) is 19.8 Å². The highest BCUT2D eigenvalue weighted by atomic mass is 32.2. The smallest absolute Gasteiger partial charge is 0.162 e. The summed E-state index contributed by atoms with van der Waals surface area (Å²) < 4.78 is 11.1. The first kappa shape index (κ1) is 11.6. The van der Waals surface area contributed by atoms with Crippen molar-refractivity contribution >= 4 is 11.8 Å². The van der Waals surface area contributed by atoms with Crippen LogP contribution in [0.2, 0.25) is 0 Å². The lowest BCUT2D eigenvalue weighted by Gasteiger charge is -2.23. The van der Waals surface area contributed by atoms with E-state index in [2.05, 4.69) is 19.9 Å². The molecule has 0 aromatic heterocycles. The Balaban J connectivity index is 2.17. The van der Waals surface area contributed by atoms with Crippen molar-refractivity contribution in [1.82, 2.24) is 0 Å². The van der Waals surface area contributed by atoms with Crippen molar-refractivity contribution in [3.8, 4) is 11.5 Å². The SMILES string of the molecule is CC(C)(CN)Sc1ccc2c(c1)OCCO2. The minimum absolute atomic E-state index is 0.0454. The molecule has 2 rings (SSSR count). The molecular formula is C12H17NO2S. The molecule has 1 heterocycles. The third-order valence-corrected chi connectivity index (χ3v) is 3.61. The normalized spacial score (nSPS) is 14.9. The molecule has 0 saturated carbocycles. The van der Waals surface area contributed by atoms with Crippen LogP contribution in [-0.2, 0) is 0 Å². The summed E-state index contributed by atoms with van der Waals surface area (Å²) in [6.45, 7) is 6.17. The van der Waals surface area contributed by atoms with Gasteiger partial charge in [0.15, 0.2) is 11.5 Å². The third-order valence-electron chi connectivity index (χ3n) is 2.40. The number of thioether (sulfide) groups is 1. The van der Waals surface area contributed by atoms with Crippen molar-refractivity contribution in [1.29, 1.82) is 0 Å². The summed E-state index contributed by atoms with van der Waals surface area (Å²) in [5.41, 5.74) is 5.72. The fourth-order valence-corrected chi connectivity index (χ4v) is 2.47. The van der Waals surface area contributed by atoms with Crippen LogP contribution in [0.25, 0.3) is 0 Å². The van der Waals surface area contributed by atoms with Gasteiger partial charge in [0.2, 0.25) is 0 Å². The topological polar surface area (TPSA) is 44.5 Å². The molecule has 3 nitrogen and oxygen atoms in total. The minimum Gasteiger partial charge on any atom is -0.486 e. The zero-order chi connectivity index (χ0) is 11.6. The Morgan fingerprint density at radius 1 is 1.25 bits per heavy atom. The number of hydrogen-bond donors (Lipinski definition) is 1. The maximum absolute atomic E-state index is 5.72. The second kappa shape index (κ2) is 4.55. The summed E-state index contributed by atoms with van der Waals surface area (Å²) in [5.74, 6) is 1.67. The van der Waals surface area contributed by atoms with Gasteiger partial charge in [0, 0.05) is 16.2 Å². The van der Waals surface area contributed by atoms with Gasteiger partial charge in [0.25, 0.3) is 0 Å². The Morgan fingerprint density at radius 2 is 1.94 bits per heavy atom. The van der Waals surface area contributed by atoms with Crippen molar-refractivity contribution < 1.29 is 9.47 Å². The van der Waals surface area contributed by atoms with E-state index >= 15 is 0 Å². The van der Waals surface area contributed by atoms with Gasteiger partial charge in [-0.15, -0.1) is 11.8 Å². The quantitative estimate of drug-likeness (QED) is 0.822. The maximum Gasteiger partial charge on any atom is 0.162 e. The summed E-state index contributed by atoms with van der Waals surface area (Å²) in [6.07, 6.45) is 0. The number of fused-ring (bicyclic) bond motifs is 1. The predicted molar refractivity (Wildman–Crippen MR) is 66.4 cm³/mol. The van der Waals surface area contributed by atoms with Gasteiger partial charge in [-0.3, -0.25) is 0 Å². The van der Waals surface area contributed by atoms with E-state index in [1.54, 1.807) is 11.8 Å². The molecule has 2 N–H and O–H groups in total. The first-order chi connectivity index (χ1) is 7.61. The second-order valence-corrected chi connectivity index (χ2v) is 6.15. The van der Waals surface area contributed by atoms with E-state index in [1.165, 1.54) is 4.90 Å². The average molecular weight is 239 g/mol. The van der Waals surface area contributed by atoms with Gasteiger partial charge in [0.05, 0.1) is 0 Å². The lowest BCUT2D eigenvalue weighted by Crippen LogP contribution is -2.26. The summed E-state index contributed by atoms with van der Waals surface area (Å²) in [7, 11) is 0. The molecule has 1 aromatic rings. The summed E-state index contributed by atoms with van der Waals surface area (Å²) in [5, 5.41) is 0. The lowest BCUT2D eigenvalue weighted by atomic mass is 10.2. The highest BCUT2D eigenvalue weighted by Gasteiger charge is 2.19. The number of hydrogen-bond acceptors (Lipinski definition) is 4. The molecular weight excluding hydrogens is 222 g/mol. The fourth-order valence-electron chi connectivity index (χ4n) is 1.45. The monoisotopic (exact) mass is 239 g/mol. The van der Waals surface area contributed by atoms with Crippen LogP contribution in [0.1, 0.15) is 13.8 Å². The van der Waals surface area contributed by atoms with Crippen LogP contribution in [0.4, 0.5) is 0 Å². The van der Waals surface area contributed by atoms with Crippen LogP contribution >= 0.6 is 11.8 Å². The van der Waals surface area contributed by atoms with E-state index in [4.69, 9.17) is 15.2 Å². The number of rotatable bonds is 3. The first-order valence-electron chi connectivity index (χ1n) is 5.39. The summed E-state index contributed by atoms with van der Waals surface area (Å²) in [4.78, 5) is 1.17. The van der Waals surface area contributed by atoms with Gasteiger partial charge in [-0.1, -0.05) is 0 Å². The number of benzene rings is 1. The molecule has 0 unspecified atom stereocenters. The van der Waals surface area contributed by atoms with Crippen LogP contribution in [0.5, 0.6) is 11.5 Å². The molecule has 1 aliphatic rings. The first-order valence-corrected chi connectivity index (χ1v) is 6.21. The number of nitrogens with two attached hydrogens (primary N) is 1. The molecule has 0 bridgehead atoms. The van der Waals surface area contributed by atoms with Gasteiger partial charge in [-0.05, 0) is 32.0 Å². The van der Waals surface area contributed by atoms with E-state index in [1.807, 2.05) is 12.1 Å². The minimum atomic E-state index is 0.0454. The van der Waals surface area contributed by atoms with Gasteiger partial charge in [-0.2, -0.15) is 0 Å². The standard InChI is InChI=1S/C12H17NO2S/c1-12(2,8-13)16-9-3-4-10-11(7-9)15-6-5-14-10/h3-4,7H,5-6,8,13H2,1-2H3. The highest BCUT2D eigenvalue weighted by Crippen LogP contribution is 2.38. The van der Waals surface area contributed by atoms with Crippen LogP contribution in [0, 0.1) is 0 Å². The molecule has 1 aromatic carbocycles. The summed E-state index contributed by atoms with van der Waals surface area (Å²) >= 11 is 1.76. The molecule has 16 heavy (non-hydrogen) atoms. The molecule has 0 amide bonds.